The van der Waals surface area contributed by atoms with Crippen molar-refractivity contribution in [3.8, 4) is 16.9 Å². The van der Waals surface area contributed by atoms with Crippen LogP contribution in [0.3, 0.4) is 0 Å². The Balaban J connectivity index is 1.55. The minimum absolute atomic E-state index is 0.0131. The summed E-state index contributed by atoms with van der Waals surface area (Å²) in [6.45, 7) is 3.45. The number of hydrogen-bond acceptors (Lipinski definition) is 7. The fourth-order valence-electron chi connectivity index (χ4n) is 3.33. The summed E-state index contributed by atoms with van der Waals surface area (Å²) in [7, 11) is 0. The summed E-state index contributed by atoms with van der Waals surface area (Å²) in [5, 5.41) is 12.4. The lowest BCUT2D eigenvalue weighted by atomic mass is 10.0. The van der Waals surface area contributed by atoms with E-state index in [-0.39, 0.29) is 11.9 Å². The molecule has 2 aromatic heterocycles. The van der Waals surface area contributed by atoms with Crippen molar-refractivity contribution < 1.29 is 13.9 Å². The topological polar surface area (TPSA) is 82.1 Å². The summed E-state index contributed by atoms with van der Waals surface area (Å²) in [5.41, 5.74) is 4.12. The number of nitrogens with one attached hydrogen (secondary N) is 1. The third kappa shape index (κ3) is 4.15. The molecule has 8 heteroatoms. The number of fused-ring (bicyclic) bond motifs is 1. The lowest BCUT2D eigenvalue weighted by molar-refractivity contribution is -0.0791. The molecule has 7 nitrogen and oxygen atoms in total. The maximum atomic E-state index is 13.4. The molecule has 1 N–H and O–H groups in total. The summed E-state index contributed by atoms with van der Waals surface area (Å²) >= 11 is 0. The van der Waals surface area contributed by atoms with E-state index in [1.807, 2.05) is 31.2 Å². The molecule has 1 saturated heterocycles. The summed E-state index contributed by atoms with van der Waals surface area (Å²) < 4.78 is 24.8. The van der Waals surface area contributed by atoms with Gasteiger partial charge < -0.3 is 14.8 Å². The molecule has 0 amide bonds. The third-order valence-corrected chi connectivity index (χ3v) is 5.07. The van der Waals surface area contributed by atoms with E-state index in [0.29, 0.717) is 36.8 Å². The normalized spacial score (nSPS) is 13.7. The van der Waals surface area contributed by atoms with Gasteiger partial charge in [-0.25, -0.2) is 14.4 Å². The highest BCUT2D eigenvalue weighted by Crippen LogP contribution is 2.35. The van der Waals surface area contributed by atoms with Gasteiger partial charge in [-0.15, -0.1) is 0 Å². The minimum atomic E-state index is -0.280. The smallest absolute Gasteiger partial charge is 0.147 e. The molecule has 1 aliphatic rings. The van der Waals surface area contributed by atoms with Gasteiger partial charge in [-0.05, 0) is 54.4 Å². The Kier molecular flexibility index (Phi) is 5.13. The van der Waals surface area contributed by atoms with Crippen LogP contribution in [0.15, 0.2) is 54.9 Å². The summed E-state index contributed by atoms with van der Waals surface area (Å²) in [6.07, 6.45) is 1.49. The SMILES string of the molecule is Cc1ccc(CNc2ncnc3c(OC4COC4)cc(-c4ccc(F)cc4)cc23)nn1. The molecule has 0 spiro atoms. The number of benzene rings is 2. The number of hydrogen-bond donors (Lipinski definition) is 1. The predicted molar refractivity (Wildman–Crippen MR) is 114 cm³/mol. The van der Waals surface area contributed by atoms with Crippen molar-refractivity contribution in [3.63, 3.8) is 0 Å². The standard InChI is InChI=1S/C23H20FN5O2/c1-14-2-7-18(29-28-14)10-25-23-20-8-16(15-3-5-17(24)6-4-15)9-21(22(20)26-13-27-23)31-19-11-30-12-19/h2-9,13,19H,10-12H2,1H3,(H,25,26,27). The highest BCUT2D eigenvalue weighted by Gasteiger charge is 2.22. The average molecular weight is 417 g/mol. The monoisotopic (exact) mass is 417 g/mol. The van der Waals surface area contributed by atoms with Crippen molar-refractivity contribution in [1.82, 2.24) is 20.2 Å². The van der Waals surface area contributed by atoms with Crippen LogP contribution in [-0.2, 0) is 11.3 Å². The van der Waals surface area contributed by atoms with Gasteiger partial charge in [-0.2, -0.15) is 10.2 Å². The van der Waals surface area contributed by atoms with E-state index in [0.717, 1.165) is 27.9 Å². The zero-order valence-electron chi connectivity index (χ0n) is 16.9. The number of nitrogens with zero attached hydrogens (tertiary/aromatic N) is 4. The van der Waals surface area contributed by atoms with Gasteiger partial charge in [0.1, 0.15) is 35.3 Å². The Labute approximate surface area is 178 Å². The van der Waals surface area contributed by atoms with Crippen molar-refractivity contribution in [2.24, 2.45) is 0 Å². The van der Waals surface area contributed by atoms with Gasteiger partial charge in [-0.3, -0.25) is 0 Å². The first kappa shape index (κ1) is 19.3. The van der Waals surface area contributed by atoms with E-state index >= 15 is 0 Å². The molecule has 5 rings (SSSR count). The van der Waals surface area contributed by atoms with Crippen LogP contribution in [0.1, 0.15) is 11.4 Å². The highest BCUT2D eigenvalue weighted by atomic mass is 19.1. The first-order valence-corrected chi connectivity index (χ1v) is 9.98. The number of aryl methyl sites for hydroxylation is 1. The highest BCUT2D eigenvalue weighted by molar-refractivity contribution is 5.96. The van der Waals surface area contributed by atoms with Gasteiger partial charge >= 0.3 is 0 Å². The summed E-state index contributed by atoms with van der Waals surface area (Å²) in [6, 6.07) is 14.1. The lowest BCUT2D eigenvalue weighted by Crippen LogP contribution is -2.38. The largest absolute Gasteiger partial charge is 0.483 e. The Hall–Kier alpha value is -3.65. The molecule has 0 bridgehead atoms. The summed E-state index contributed by atoms with van der Waals surface area (Å²) in [4.78, 5) is 8.90. The van der Waals surface area contributed by atoms with Crippen LogP contribution in [0.25, 0.3) is 22.0 Å². The molecule has 0 atom stereocenters. The van der Waals surface area contributed by atoms with Crippen LogP contribution >= 0.6 is 0 Å². The maximum Gasteiger partial charge on any atom is 0.147 e. The molecule has 0 radical (unpaired) electrons. The van der Waals surface area contributed by atoms with E-state index in [1.54, 1.807) is 12.1 Å². The van der Waals surface area contributed by atoms with Gasteiger partial charge in [0, 0.05) is 5.39 Å². The first-order valence-electron chi connectivity index (χ1n) is 9.98. The second-order valence-electron chi connectivity index (χ2n) is 7.40. The predicted octanol–water partition coefficient (Wildman–Crippen LogP) is 3.92. The molecule has 156 valence electrons. The quantitative estimate of drug-likeness (QED) is 0.509. The van der Waals surface area contributed by atoms with Gasteiger partial charge in [0.25, 0.3) is 0 Å². The van der Waals surface area contributed by atoms with Crippen molar-refractivity contribution in [2.45, 2.75) is 19.6 Å². The van der Waals surface area contributed by atoms with Crippen molar-refractivity contribution >= 4 is 16.7 Å². The Morgan fingerprint density at radius 3 is 2.58 bits per heavy atom. The van der Waals surface area contributed by atoms with E-state index in [9.17, 15) is 4.39 Å². The van der Waals surface area contributed by atoms with Crippen molar-refractivity contribution in [3.05, 3.63) is 72.1 Å². The minimum Gasteiger partial charge on any atom is -0.483 e. The van der Waals surface area contributed by atoms with Crippen LogP contribution in [0, 0.1) is 12.7 Å². The molecule has 0 unspecified atom stereocenters. The number of aromatic nitrogens is 4. The molecule has 2 aromatic carbocycles. The zero-order chi connectivity index (χ0) is 21.2. The maximum absolute atomic E-state index is 13.4. The molecule has 31 heavy (non-hydrogen) atoms. The zero-order valence-corrected chi connectivity index (χ0v) is 16.9. The van der Waals surface area contributed by atoms with Crippen molar-refractivity contribution in [1.29, 1.82) is 0 Å². The van der Waals surface area contributed by atoms with Crippen molar-refractivity contribution in [2.75, 3.05) is 18.5 Å². The second kappa shape index (κ2) is 8.23. The fourth-order valence-corrected chi connectivity index (χ4v) is 3.33. The molecule has 0 saturated carbocycles. The van der Waals surface area contributed by atoms with Gasteiger partial charge in [0.05, 0.1) is 31.1 Å². The van der Waals surface area contributed by atoms with Crippen LogP contribution in [-0.4, -0.2) is 39.5 Å². The first-order chi connectivity index (χ1) is 15.2. The number of halogens is 1. The second-order valence-corrected chi connectivity index (χ2v) is 7.40. The Bertz CT molecular complexity index is 1210. The molecule has 1 aliphatic heterocycles. The van der Waals surface area contributed by atoms with Crippen LogP contribution in [0.2, 0.25) is 0 Å². The fraction of sp³-hybridized carbons (Fsp3) is 0.217. The van der Waals surface area contributed by atoms with Crippen LogP contribution in [0.4, 0.5) is 10.2 Å². The number of anilines is 1. The van der Waals surface area contributed by atoms with E-state index < -0.39 is 0 Å². The number of ether oxygens (including phenoxy) is 2. The molecule has 4 aromatic rings. The Morgan fingerprint density at radius 1 is 1.03 bits per heavy atom. The van der Waals surface area contributed by atoms with E-state index in [4.69, 9.17) is 9.47 Å². The molecular weight excluding hydrogens is 397 g/mol. The molecule has 0 aliphatic carbocycles. The lowest BCUT2D eigenvalue weighted by Gasteiger charge is -2.27. The van der Waals surface area contributed by atoms with E-state index in [2.05, 4.69) is 25.5 Å². The number of rotatable bonds is 6. The van der Waals surface area contributed by atoms with E-state index in [1.165, 1.54) is 18.5 Å². The van der Waals surface area contributed by atoms with Gasteiger partial charge in [-0.1, -0.05) is 12.1 Å². The molecular formula is C23H20FN5O2. The van der Waals surface area contributed by atoms with Crippen LogP contribution in [0.5, 0.6) is 5.75 Å². The average Bonchev–Trinajstić information content (AvgIpc) is 2.76. The van der Waals surface area contributed by atoms with Gasteiger partial charge in [0.2, 0.25) is 0 Å². The molecule has 1 fully saturated rings. The summed E-state index contributed by atoms with van der Waals surface area (Å²) in [5.74, 6) is 1.02. The van der Waals surface area contributed by atoms with Gasteiger partial charge in [0.15, 0.2) is 0 Å². The third-order valence-electron chi connectivity index (χ3n) is 5.07. The molecule has 3 heterocycles. The van der Waals surface area contributed by atoms with Crippen LogP contribution < -0.4 is 10.1 Å². The Morgan fingerprint density at radius 2 is 1.87 bits per heavy atom.